The summed E-state index contributed by atoms with van der Waals surface area (Å²) in [6.45, 7) is 8.02. The number of nitrogens with zero attached hydrogens (tertiary/aromatic N) is 1. The average molecular weight is 423 g/mol. The Labute approximate surface area is 170 Å². The molecule has 1 unspecified atom stereocenters. The fourth-order valence-corrected chi connectivity index (χ4v) is 4.26. The summed E-state index contributed by atoms with van der Waals surface area (Å²) < 4.78 is 32.3. The van der Waals surface area contributed by atoms with E-state index in [1.807, 2.05) is 0 Å². The molecule has 0 spiro atoms. The van der Waals surface area contributed by atoms with Gasteiger partial charge in [-0.05, 0) is 45.4 Å². The maximum Gasteiger partial charge on any atom is 0.246 e. The van der Waals surface area contributed by atoms with Crippen molar-refractivity contribution in [1.82, 2.24) is 15.2 Å². The summed E-state index contributed by atoms with van der Waals surface area (Å²) in [6.07, 6.45) is 0.385. The standard InChI is InChI=1S/C19H26N4O5S/c1-6-17(24)21-16-9-7-15(8-10-16)11(2)20-19(25)13(4)23-29(26,27)18-12(3)22-28-14(18)5/h7-11,13,23H,6H2,1-5H3,(H,20,25)(H,21,24)/t11?,13-/m0/s1. The number of nitrogens with one attached hydrogen (secondary N) is 3. The second-order valence-electron chi connectivity index (χ2n) is 6.75. The first kappa shape index (κ1) is 22.6. The summed E-state index contributed by atoms with van der Waals surface area (Å²) in [7, 11) is -3.95. The molecule has 2 aromatic rings. The van der Waals surface area contributed by atoms with Gasteiger partial charge in [0.15, 0.2) is 5.76 Å². The van der Waals surface area contributed by atoms with Crippen molar-refractivity contribution in [3.05, 3.63) is 41.3 Å². The number of carbonyl (C=O) groups excluding carboxylic acids is 2. The molecule has 10 heteroatoms. The SMILES string of the molecule is CCC(=O)Nc1ccc(C(C)NC(=O)[C@H](C)NS(=O)(=O)c2c(C)noc2C)cc1. The van der Waals surface area contributed by atoms with E-state index in [-0.39, 0.29) is 28.3 Å². The number of aromatic nitrogens is 1. The molecule has 0 aliphatic rings. The van der Waals surface area contributed by atoms with Crippen LogP contribution < -0.4 is 15.4 Å². The van der Waals surface area contributed by atoms with Crippen LogP contribution in [-0.4, -0.2) is 31.4 Å². The normalized spacial score (nSPS) is 13.6. The van der Waals surface area contributed by atoms with E-state index >= 15 is 0 Å². The van der Waals surface area contributed by atoms with Gasteiger partial charge in [-0.25, -0.2) is 8.42 Å². The molecular weight excluding hydrogens is 396 g/mol. The first-order chi connectivity index (χ1) is 13.5. The number of hydrogen-bond donors (Lipinski definition) is 3. The summed E-state index contributed by atoms with van der Waals surface area (Å²) in [5, 5.41) is 9.15. The van der Waals surface area contributed by atoms with Crippen LogP contribution in [0, 0.1) is 13.8 Å². The highest BCUT2D eigenvalue weighted by Crippen LogP contribution is 2.19. The molecule has 9 nitrogen and oxygen atoms in total. The van der Waals surface area contributed by atoms with Gasteiger partial charge in [-0.3, -0.25) is 9.59 Å². The van der Waals surface area contributed by atoms with E-state index in [1.54, 1.807) is 38.1 Å². The van der Waals surface area contributed by atoms with E-state index in [2.05, 4.69) is 20.5 Å². The minimum absolute atomic E-state index is 0.0603. The van der Waals surface area contributed by atoms with Crippen LogP contribution in [0.1, 0.15) is 50.3 Å². The van der Waals surface area contributed by atoms with Gasteiger partial charge in [0.2, 0.25) is 21.8 Å². The van der Waals surface area contributed by atoms with Gasteiger partial charge in [0.05, 0.1) is 12.1 Å². The Bertz CT molecular complexity index is 963. The van der Waals surface area contributed by atoms with Gasteiger partial charge in [-0.1, -0.05) is 24.2 Å². The van der Waals surface area contributed by atoms with Crippen molar-refractivity contribution < 1.29 is 22.5 Å². The number of rotatable bonds is 8. The Morgan fingerprint density at radius 1 is 1.14 bits per heavy atom. The van der Waals surface area contributed by atoms with Crippen molar-refractivity contribution in [3.8, 4) is 0 Å². The zero-order valence-corrected chi connectivity index (χ0v) is 17.9. The Morgan fingerprint density at radius 2 is 1.76 bits per heavy atom. The summed E-state index contributed by atoms with van der Waals surface area (Å²) in [4.78, 5) is 23.8. The third-order valence-corrected chi connectivity index (χ3v) is 6.12. The third kappa shape index (κ3) is 5.64. The fourth-order valence-electron chi connectivity index (χ4n) is 2.73. The molecule has 2 rings (SSSR count). The van der Waals surface area contributed by atoms with E-state index in [0.29, 0.717) is 12.1 Å². The second kappa shape index (κ2) is 9.19. The van der Waals surface area contributed by atoms with E-state index in [0.717, 1.165) is 5.56 Å². The van der Waals surface area contributed by atoms with Gasteiger partial charge < -0.3 is 15.2 Å². The molecule has 0 bridgehead atoms. The Kier molecular flexibility index (Phi) is 7.15. The van der Waals surface area contributed by atoms with Crippen LogP contribution in [0.25, 0.3) is 0 Å². The molecule has 3 N–H and O–H groups in total. The third-order valence-electron chi connectivity index (χ3n) is 4.34. The van der Waals surface area contributed by atoms with E-state index in [1.165, 1.54) is 20.8 Å². The monoisotopic (exact) mass is 422 g/mol. The van der Waals surface area contributed by atoms with Gasteiger partial charge in [0, 0.05) is 12.1 Å². The summed E-state index contributed by atoms with van der Waals surface area (Å²) in [5.74, 6) is -0.402. The smallest absolute Gasteiger partial charge is 0.246 e. The molecule has 0 aliphatic heterocycles. The van der Waals surface area contributed by atoms with Gasteiger partial charge in [0.1, 0.15) is 10.6 Å². The van der Waals surface area contributed by atoms with Crippen LogP contribution in [0.4, 0.5) is 5.69 Å². The lowest BCUT2D eigenvalue weighted by atomic mass is 10.1. The molecule has 0 saturated carbocycles. The summed E-state index contributed by atoms with van der Waals surface area (Å²) in [6, 6.07) is 5.71. The molecule has 2 amide bonds. The predicted octanol–water partition coefficient (Wildman–Crippen LogP) is 2.18. The van der Waals surface area contributed by atoms with Crippen molar-refractivity contribution >= 4 is 27.5 Å². The quantitative estimate of drug-likeness (QED) is 0.598. The van der Waals surface area contributed by atoms with Gasteiger partial charge >= 0.3 is 0 Å². The Hall–Kier alpha value is -2.72. The molecule has 1 aromatic heterocycles. The first-order valence-corrected chi connectivity index (χ1v) is 10.7. The Morgan fingerprint density at radius 3 is 2.28 bits per heavy atom. The molecule has 29 heavy (non-hydrogen) atoms. The first-order valence-electron chi connectivity index (χ1n) is 9.20. The van der Waals surface area contributed by atoms with Crippen molar-refractivity contribution in [2.75, 3.05) is 5.32 Å². The maximum atomic E-state index is 12.5. The highest BCUT2D eigenvalue weighted by molar-refractivity contribution is 7.89. The van der Waals surface area contributed by atoms with Crippen LogP contribution in [0.15, 0.2) is 33.7 Å². The minimum atomic E-state index is -3.95. The van der Waals surface area contributed by atoms with Crippen LogP contribution in [0.3, 0.4) is 0 Å². The molecule has 158 valence electrons. The molecule has 2 atom stereocenters. The number of sulfonamides is 1. The number of anilines is 1. The zero-order valence-electron chi connectivity index (χ0n) is 17.1. The fraction of sp³-hybridized carbons (Fsp3) is 0.421. The largest absolute Gasteiger partial charge is 0.360 e. The van der Waals surface area contributed by atoms with E-state index < -0.39 is 22.0 Å². The molecule has 0 saturated heterocycles. The predicted molar refractivity (Wildman–Crippen MR) is 108 cm³/mol. The molecule has 1 heterocycles. The van der Waals surface area contributed by atoms with Gasteiger partial charge in [0.25, 0.3) is 0 Å². The molecule has 0 aliphatic carbocycles. The van der Waals surface area contributed by atoms with E-state index in [9.17, 15) is 18.0 Å². The average Bonchev–Trinajstić information content (AvgIpc) is 3.00. The maximum absolute atomic E-state index is 12.5. The van der Waals surface area contributed by atoms with Gasteiger partial charge in [-0.15, -0.1) is 0 Å². The number of carbonyl (C=O) groups is 2. The lowest BCUT2D eigenvalue weighted by molar-refractivity contribution is -0.123. The van der Waals surface area contributed by atoms with Crippen LogP contribution in [0.2, 0.25) is 0 Å². The molecule has 0 fully saturated rings. The highest BCUT2D eigenvalue weighted by atomic mass is 32.2. The highest BCUT2D eigenvalue weighted by Gasteiger charge is 2.28. The number of benzene rings is 1. The number of hydrogen-bond acceptors (Lipinski definition) is 6. The zero-order chi connectivity index (χ0) is 21.8. The second-order valence-corrected chi connectivity index (χ2v) is 8.40. The Balaban J connectivity index is 2.01. The van der Waals surface area contributed by atoms with Crippen LogP contribution >= 0.6 is 0 Å². The van der Waals surface area contributed by atoms with Gasteiger partial charge in [-0.2, -0.15) is 4.72 Å². The number of amides is 2. The van der Waals surface area contributed by atoms with Crippen LogP contribution in [-0.2, 0) is 19.6 Å². The lowest BCUT2D eigenvalue weighted by Crippen LogP contribution is -2.45. The van der Waals surface area contributed by atoms with Crippen LogP contribution in [0.5, 0.6) is 0 Å². The number of aryl methyl sites for hydroxylation is 2. The van der Waals surface area contributed by atoms with Crippen molar-refractivity contribution in [2.24, 2.45) is 0 Å². The topological polar surface area (TPSA) is 130 Å². The molecular formula is C19H26N4O5S. The van der Waals surface area contributed by atoms with Crippen molar-refractivity contribution in [2.45, 2.75) is 58.0 Å². The molecule has 1 aromatic carbocycles. The lowest BCUT2D eigenvalue weighted by Gasteiger charge is -2.19. The van der Waals surface area contributed by atoms with Crippen molar-refractivity contribution in [3.63, 3.8) is 0 Å². The minimum Gasteiger partial charge on any atom is -0.360 e. The van der Waals surface area contributed by atoms with Crippen molar-refractivity contribution in [1.29, 1.82) is 0 Å². The summed E-state index contributed by atoms with van der Waals surface area (Å²) >= 11 is 0. The van der Waals surface area contributed by atoms with E-state index in [4.69, 9.17) is 4.52 Å². The summed E-state index contributed by atoms with van der Waals surface area (Å²) in [5.41, 5.74) is 1.71. The molecule has 0 radical (unpaired) electrons.